The summed E-state index contributed by atoms with van der Waals surface area (Å²) in [6.45, 7) is 2.11. The van der Waals surface area contributed by atoms with E-state index in [4.69, 9.17) is 9.47 Å². The third-order valence-electron chi connectivity index (χ3n) is 9.01. The van der Waals surface area contributed by atoms with Crippen LogP contribution >= 0.6 is 11.3 Å². The average Bonchev–Trinajstić information content (AvgIpc) is 3.36. The number of nitrogens with zero attached hydrogens (tertiary/aromatic N) is 4. The molecule has 0 unspecified atom stereocenters. The lowest BCUT2D eigenvalue weighted by Gasteiger charge is -2.36. The van der Waals surface area contributed by atoms with Crippen molar-refractivity contribution in [1.82, 2.24) is 14.9 Å². The zero-order chi connectivity index (χ0) is 30.4. The van der Waals surface area contributed by atoms with Crippen LogP contribution in [0.25, 0.3) is 10.6 Å². The van der Waals surface area contributed by atoms with E-state index in [2.05, 4.69) is 26.3 Å². The van der Waals surface area contributed by atoms with E-state index in [1.165, 1.54) is 4.90 Å². The van der Waals surface area contributed by atoms with Crippen LogP contribution in [-0.2, 0) is 25.5 Å². The van der Waals surface area contributed by atoms with Gasteiger partial charge in [0, 0.05) is 30.7 Å². The first-order valence-electron chi connectivity index (χ1n) is 14.5. The second-order valence-electron chi connectivity index (χ2n) is 11.9. The number of sulfone groups is 1. The fraction of sp³-hybridized carbons (Fsp3) is 0.483. The molecule has 1 N–H and O–H groups in total. The number of ether oxygens (including phenoxy) is 2. The molecule has 1 aromatic carbocycles. The van der Waals surface area contributed by atoms with Crippen LogP contribution in [-0.4, -0.2) is 86.0 Å². The van der Waals surface area contributed by atoms with Gasteiger partial charge < -0.3 is 24.6 Å². The second-order valence-corrected chi connectivity index (χ2v) is 15.1. The first-order valence-corrected chi connectivity index (χ1v) is 17.0. The summed E-state index contributed by atoms with van der Waals surface area (Å²) in [6, 6.07) is 7.26. The Morgan fingerprint density at radius 2 is 1.89 bits per heavy atom. The number of carbonyl (C=O) groups excluding carboxylic acids is 1. The quantitative estimate of drug-likeness (QED) is 0.415. The highest BCUT2D eigenvalue weighted by Gasteiger charge is 2.42. The Morgan fingerprint density at radius 3 is 2.55 bits per heavy atom. The lowest BCUT2D eigenvalue weighted by Crippen LogP contribution is -2.52. The molecule has 2 atom stereocenters. The van der Waals surface area contributed by atoms with Gasteiger partial charge in [-0.15, -0.1) is 11.3 Å². The Labute approximate surface area is 255 Å². The van der Waals surface area contributed by atoms with E-state index in [0.29, 0.717) is 41.8 Å². The number of thiophene rings is 1. The molecule has 3 saturated heterocycles. The van der Waals surface area contributed by atoms with Gasteiger partial charge in [-0.3, -0.25) is 4.79 Å². The molecular formula is C29H28F3N5O5S2. The standard InChI is InChI=1S/C29H28F3N5O5S2/c30-29(31,32)21-10-33-28(34-22-4-3-16(8-20(22)15-1-2-15)37-11-19-7-17(37)14-42-19)35-25(21)23-9-24-26(43-23)27(38)36(18-12-41-13-18)5-6-44(24,39)40/h3-4,8-10,15,17-19H,1-2,5-7,11-14H2,(H,33,34,35)/t17-,19-/m1/s1. The van der Waals surface area contributed by atoms with Gasteiger partial charge in [0.05, 0.1) is 59.2 Å². The highest BCUT2D eigenvalue weighted by atomic mass is 32.2. The number of hydrogen-bond acceptors (Lipinski definition) is 10. The number of halogens is 3. The molecule has 3 aromatic rings. The van der Waals surface area contributed by atoms with E-state index in [1.807, 2.05) is 12.1 Å². The van der Waals surface area contributed by atoms with E-state index in [1.54, 1.807) is 0 Å². The smallest absolute Gasteiger partial charge is 0.377 e. The fourth-order valence-corrected chi connectivity index (χ4v) is 9.35. The number of carbonyl (C=O) groups is 1. The number of amides is 1. The summed E-state index contributed by atoms with van der Waals surface area (Å²) in [6.07, 6.45) is -0.829. The van der Waals surface area contributed by atoms with Crippen molar-refractivity contribution < 1.29 is 35.9 Å². The summed E-state index contributed by atoms with van der Waals surface area (Å²) in [7, 11) is -3.92. The van der Waals surface area contributed by atoms with Crippen molar-refractivity contribution in [1.29, 1.82) is 0 Å². The summed E-state index contributed by atoms with van der Waals surface area (Å²) in [5, 5.41) is 3.13. The molecule has 2 aromatic heterocycles. The third kappa shape index (κ3) is 4.84. The maximum atomic E-state index is 14.2. The van der Waals surface area contributed by atoms with E-state index in [-0.39, 0.29) is 58.3 Å². The molecule has 4 fully saturated rings. The molecule has 15 heteroatoms. The van der Waals surface area contributed by atoms with Crippen molar-refractivity contribution in [2.45, 2.75) is 54.4 Å². The van der Waals surface area contributed by atoms with Crippen LogP contribution in [0.5, 0.6) is 0 Å². The Hall–Kier alpha value is -3.27. The molecule has 8 rings (SSSR count). The molecule has 44 heavy (non-hydrogen) atoms. The minimum absolute atomic E-state index is 0.00377. The molecule has 5 aliphatic rings. The van der Waals surface area contributed by atoms with Crippen LogP contribution in [0.2, 0.25) is 0 Å². The number of morpholine rings is 1. The number of fused-ring (bicyclic) bond motifs is 3. The monoisotopic (exact) mass is 647 g/mol. The summed E-state index contributed by atoms with van der Waals surface area (Å²) < 4.78 is 79.8. The Morgan fingerprint density at radius 1 is 1.07 bits per heavy atom. The molecule has 4 aliphatic heterocycles. The Bertz CT molecular complexity index is 1770. The van der Waals surface area contributed by atoms with Gasteiger partial charge in [-0.25, -0.2) is 18.4 Å². The minimum atomic E-state index is -4.81. The Balaban J connectivity index is 1.16. The maximum Gasteiger partial charge on any atom is 0.420 e. The number of anilines is 3. The van der Waals surface area contributed by atoms with Gasteiger partial charge in [0.25, 0.3) is 5.91 Å². The summed E-state index contributed by atoms with van der Waals surface area (Å²) in [5.74, 6) is -0.580. The number of aromatic nitrogens is 2. The molecule has 6 heterocycles. The van der Waals surface area contributed by atoms with Gasteiger partial charge in [0.2, 0.25) is 5.95 Å². The van der Waals surface area contributed by atoms with Crippen molar-refractivity contribution in [3.63, 3.8) is 0 Å². The lowest BCUT2D eigenvalue weighted by molar-refractivity contribution is -0.137. The van der Waals surface area contributed by atoms with E-state index in [9.17, 15) is 26.4 Å². The topological polar surface area (TPSA) is 114 Å². The highest BCUT2D eigenvalue weighted by molar-refractivity contribution is 7.91. The fourth-order valence-electron chi connectivity index (χ4n) is 6.43. The normalized spacial score (nSPS) is 24.8. The lowest BCUT2D eigenvalue weighted by atomic mass is 10.1. The number of rotatable bonds is 6. The molecule has 1 aliphatic carbocycles. The first-order chi connectivity index (χ1) is 21.0. The van der Waals surface area contributed by atoms with Crippen molar-refractivity contribution >= 4 is 44.4 Å². The van der Waals surface area contributed by atoms with Gasteiger partial charge in [-0.05, 0) is 55.0 Å². The van der Waals surface area contributed by atoms with Crippen LogP contribution < -0.4 is 10.2 Å². The molecule has 0 spiro atoms. The summed E-state index contributed by atoms with van der Waals surface area (Å²) in [5.41, 5.74) is 1.26. The number of benzene rings is 1. The number of nitrogens with one attached hydrogen (secondary N) is 1. The first kappa shape index (κ1) is 28.2. The second kappa shape index (κ2) is 10.1. The van der Waals surface area contributed by atoms with Gasteiger partial charge >= 0.3 is 6.18 Å². The van der Waals surface area contributed by atoms with Crippen molar-refractivity contribution in [2.24, 2.45) is 0 Å². The molecule has 1 saturated carbocycles. The SMILES string of the molecule is O=C1c2sc(-c3nc(Nc4ccc(N5C[C@H]6C[C@@H]5CO6)cc4C4CC4)ncc3C(F)(F)F)cc2S(=O)(=O)CCN1C1COC1. The number of alkyl halides is 3. The van der Waals surface area contributed by atoms with E-state index < -0.39 is 33.2 Å². The van der Waals surface area contributed by atoms with Crippen LogP contribution in [0.3, 0.4) is 0 Å². The van der Waals surface area contributed by atoms with Gasteiger partial charge in [0.15, 0.2) is 9.84 Å². The average molecular weight is 648 g/mol. The number of hydrogen-bond donors (Lipinski definition) is 1. The predicted octanol–water partition coefficient (Wildman–Crippen LogP) is 4.45. The van der Waals surface area contributed by atoms with Crippen LogP contribution in [0, 0.1) is 0 Å². The van der Waals surface area contributed by atoms with Crippen molar-refractivity contribution in [3.05, 3.63) is 46.5 Å². The largest absolute Gasteiger partial charge is 0.420 e. The van der Waals surface area contributed by atoms with Crippen LogP contribution in [0.1, 0.15) is 46.0 Å². The van der Waals surface area contributed by atoms with Gasteiger partial charge in [-0.2, -0.15) is 13.2 Å². The molecule has 10 nitrogen and oxygen atoms in total. The van der Waals surface area contributed by atoms with E-state index in [0.717, 1.165) is 43.1 Å². The molecule has 2 bridgehead atoms. The van der Waals surface area contributed by atoms with Crippen molar-refractivity contribution in [2.75, 3.05) is 48.9 Å². The molecule has 232 valence electrons. The van der Waals surface area contributed by atoms with Gasteiger partial charge in [-0.1, -0.05) is 0 Å². The van der Waals surface area contributed by atoms with Crippen LogP contribution in [0.15, 0.2) is 35.4 Å². The zero-order valence-electron chi connectivity index (χ0n) is 23.3. The molecule has 0 radical (unpaired) electrons. The van der Waals surface area contributed by atoms with Gasteiger partial charge in [0.1, 0.15) is 10.4 Å². The van der Waals surface area contributed by atoms with Crippen molar-refractivity contribution in [3.8, 4) is 10.6 Å². The van der Waals surface area contributed by atoms with E-state index >= 15 is 0 Å². The Kier molecular flexibility index (Phi) is 6.49. The molecular weight excluding hydrogens is 619 g/mol. The molecule has 1 amide bonds. The zero-order valence-corrected chi connectivity index (χ0v) is 25.0. The predicted molar refractivity (Wildman–Crippen MR) is 155 cm³/mol. The third-order valence-corrected chi connectivity index (χ3v) is 12.0. The van der Waals surface area contributed by atoms with Crippen LogP contribution in [0.4, 0.5) is 30.5 Å². The maximum absolute atomic E-state index is 14.2. The summed E-state index contributed by atoms with van der Waals surface area (Å²) in [4.78, 5) is 25.0. The highest BCUT2D eigenvalue weighted by Crippen LogP contribution is 2.47. The summed E-state index contributed by atoms with van der Waals surface area (Å²) >= 11 is 0.708. The minimum Gasteiger partial charge on any atom is -0.377 e.